The van der Waals surface area contributed by atoms with Gasteiger partial charge in [0.2, 0.25) is 0 Å². The summed E-state index contributed by atoms with van der Waals surface area (Å²) in [6.07, 6.45) is 2.47. The van der Waals surface area contributed by atoms with Crippen molar-refractivity contribution >= 4 is 5.57 Å². The number of hydrogen-bond acceptors (Lipinski definition) is 0. The molecule has 0 amide bonds. The van der Waals surface area contributed by atoms with Crippen LogP contribution in [0.2, 0.25) is 0 Å². The number of rotatable bonds is 2. The first kappa shape index (κ1) is 11.1. The summed E-state index contributed by atoms with van der Waals surface area (Å²) in [5, 5.41) is 0. The van der Waals surface area contributed by atoms with Crippen molar-refractivity contribution in [1.29, 1.82) is 0 Å². The molecule has 1 aliphatic carbocycles. The number of benzene rings is 1. The summed E-state index contributed by atoms with van der Waals surface area (Å²) in [6.45, 7) is 3.64. The van der Waals surface area contributed by atoms with Crippen molar-refractivity contribution in [3.63, 3.8) is 0 Å². The first-order chi connectivity index (χ1) is 7.74. The average Bonchev–Trinajstić information content (AvgIpc) is 2.28. The Hall–Kier alpha value is -1.44. The molecule has 0 spiro atoms. The lowest BCUT2D eigenvalue weighted by Crippen LogP contribution is -2.13. The molecule has 0 heterocycles. The molecule has 0 saturated heterocycles. The van der Waals surface area contributed by atoms with Gasteiger partial charge in [0, 0.05) is 5.57 Å². The van der Waals surface area contributed by atoms with Crippen LogP contribution in [-0.4, -0.2) is 0 Å². The van der Waals surface area contributed by atoms with Crippen LogP contribution in [0, 0.1) is 5.92 Å². The molecule has 16 heavy (non-hydrogen) atoms. The van der Waals surface area contributed by atoms with E-state index in [-0.39, 0.29) is 11.5 Å². The van der Waals surface area contributed by atoms with Crippen LogP contribution in [0.15, 0.2) is 43.0 Å². The molecule has 1 aromatic carbocycles. The summed E-state index contributed by atoms with van der Waals surface area (Å²) in [5.41, 5.74) is 1.98. The molecule has 0 bridgehead atoms. The van der Waals surface area contributed by atoms with E-state index in [0.29, 0.717) is 6.42 Å². The van der Waals surface area contributed by atoms with Crippen LogP contribution < -0.4 is 0 Å². The minimum absolute atomic E-state index is 0.0719. The quantitative estimate of drug-likeness (QED) is 0.647. The normalized spacial score (nSPS) is 19.1. The highest BCUT2D eigenvalue weighted by Crippen LogP contribution is 2.40. The summed E-state index contributed by atoms with van der Waals surface area (Å²) in [5.74, 6) is -0.0719. The predicted octanol–water partition coefficient (Wildman–Crippen LogP) is 4.43. The first-order valence-electron chi connectivity index (χ1n) is 5.48. The van der Waals surface area contributed by atoms with Crippen molar-refractivity contribution in [1.82, 2.24) is 0 Å². The summed E-state index contributed by atoms with van der Waals surface area (Å²) in [4.78, 5) is 0. The van der Waals surface area contributed by atoms with Crippen LogP contribution in [0.3, 0.4) is 0 Å². The third-order valence-electron chi connectivity index (χ3n) is 3.13. The number of hydrogen-bond donors (Lipinski definition) is 0. The van der Waals surface area contributed by atoms with E-state index < -0.39 is 6.08 Å². The van der Waals surface area contributed by atoms with Gasteiger partial charge in [-0.3, -0.25) is 0 Å². The third-order valence-corrected chi connectivity index (χ3v) is 3.13. The van der Waals surface area contributed by atoms with E-state index in [1.54, 1.807) is 12.1 Å². The second-order valence-corrected chi connectivity index (χ2v) is 4.09. The van der Waals surface area contributed by atoms with Gasteiger partial charge < -0.3 is 0 Å². The fourth-order valence-electron chi connectivity index (χ4n) is 2.39. The topological polar surface area (TPSA) is 0 Å². The summed E-state index contributed by atoms with van der Waals surface area (Å²) in [6, 6.07) is 7.44. The largest absolute Gasteiger partial charge is 0.274 e. The minimum Gasteiger partial charge on any atom is -0.173 e. The number of allylic oxidation sites excluding steroid dienone is 2. The maximum atomic E-state index is 13.0. The molecular formula is C14H14F2. The third kappa shape index (κ3) is 1.92. The van der Waals surface area contributed by atoms with E-state index in [4.69, 9.17) is 0 Å². The Labute approximate surface area is 94.3 Å². The molecule has 0 fully saturated rings. The van der Waals surface area contributed by atoms with Crippen molar-refractivity contribution in [2.45, 2.75) is 19.3 Å². The van der Waals surface area contributed by atoms with Gasteiger partial charge >= 0.3 is 0 Å². The van der Waals surface area contributed by atoms with Gasteiger partial charge in [-0.05, 0) is 36.3 Å². The van der Waals surface area contributed by atoms with Crippen LogP contribution in [-0.2, 0) is 6.42 Å². The second kappa shape index (κ2) is 4.60. The van der Waals surface area contributed by atoms with Gasteiger partial charge in [0.05, 0.1) is 0 Å². The highest BCUT2D eigenvalue weighted by atomic mass is 19.3. The van der Waals surface area contributed by atoms with Gasteiger partial charge in [0.25, 0.3) is 6.08 Å². The van der Waals surface area contributed by atoms with E-state index in [9.17, 15) is 8.78 Å². The predicted molar refractivity (Wildman–Crippen MR) is 62.2 cm³/mol. The van der Waals surface area contributed by atoms with E-state index in [0.717, 1.165) is 24.0 Å². The standard InChI is InChI=1S/C14H14F2/c1-2-5-11-9-8-10-6-3-4-7-12(10)13(11)14(15)16/h2-4,6-7,11H,1,5,8-9H2/t11-/m0/s1. The minimum atomic E-state index is -1.54. The second-order valence-electron chi connectivity index (χ2n) is 4.09. The van der Waals surface area contributed by atoms with Crippen LogP contribution in [0.25, 0.3) is 5.57 Å². The van der Waals surface area contributed by atoms with E-state index >= 15 is 0 Å². The Balaban J connectivity index is 2.48. The maximum Gasteiger partial charge on any atom is 0.274 e. The highest BCUT2D eigenvalue weighted by Gasteiger charge is 2.26. The molecule has 0 radical (unpaired) electrons. The van der Waals surface area contributed by atoms with Crippen LogP contribution in [0.5, 0.6) is 0 Å². The SMILES string of the molecule is C=CC[C@H]1CCc2ccccc2C1=C(F)F. The Kier molecular flexibility index (Phi) is 3.18. The molecule has 0 aliphatic heterocycles. The molecule has 0 nitrogen and oxygen atoms in total. The molecule has 1 aromatic rings. The molecule has 1 aliphatic rings. The van der Waals surface area contributed by atoms with Crippen molar-refractivity contribution in [2.24, 2.45) is 5.92 Å². The number of fused-ring (bicyclic) bond motifs is 1. The smallest absolute Gasteiger partial charge is 0.173 e. The molecule has 84 valence electrons. The lowest BCUT2D eigenvalue weighted by molar-refractivity contribution is 0.411. The van der Waals surface area contributed by atoms with Crippen molar-refractivity contribution < 1.29 is 8.78 Å². The lowest BCUT2D eigenvalue weighted by Gasteiger charge is -2.26. The Morgan fingerprint density at radius 1 is 1.38 bits per heavy atom. The zero-order valence-corrected chi connectivity index (χ0v) is 9.05. The van der Waals surface area contributed by atoms with Gasteiger partial charge in [-0.25, -0.2) is 0 Å². The zero-order chi connectivity index (χ0) is 11.5. The van der Waals surface area contributed by atoms with Gasteiger partial charge in [-0.1, -0.05) is 30.3 Å². The average molecular weight is 220 g/mol. The Bertz CT molecular complexity index is 428. The van der Waals surface area contributed by atoms with E-state index in [1.165, 1.54) is 0 Å². The molecule has 0 saturated carbocycles. The van der Waals surface area contributed by atoms with Crippen molar-refractivity contribution in [3.05, 3.63) is 54.1 Å². The van der Waals surface area contributed by atoms with Gasteiger partial charge in [-0.15, -0.1) is 6.58 Å². The maximum absolute atomic E-state index is 13.0. The number of aryl methyl sites for hydroxylation is 1. The molecular weight excluding hydrogens is 206 g/mol. The Morgan fingerprint density at radius 2 is 2.12 bits per heavy atom. The molecule has 1 atom stereocenters. The number of halogens is 2. The fraction of sp³-hybridized carbons (Fsp3) is 0.286. The zero-order valence-electron chi connectivity index (χ0n) is 9.05. The Morgan fingerprint density at radius 3 is 2.81 bits per heavy atom. The molecule has 0 N–H and O–H groups in total. The monoisotopic (exact) mass is 220 g/mol. The van der Waals surface area contributed by atoms with Crippen LogP contribution in [0.1, 0.15) is 24.0 Å². The summed E-state index contributed by atoms with van der Waals surface area (Å²) >= 11 is 0. The van der Waals surface area contributed by atoms with Gasteiger partial charge in [0.1, 0.15) is 0 Å². The van der Waals surface area contributed by atoms with Crippen molar-refractivity contribution in [2.75, 3.05) is 0 Å². The first-order valence-corrected chi connectivity index (χ1v) is 5.48. The summed E-state index contributed by atoms with van der Waals surface area (Å²) in [7, 11) is 0. The van der Waals surface area contributed by atoms with Crippen LogP contribution in [0.4, 0.5) is 8.78 Å². The lowest BCUT2D eigenvalue weighted by atomic mass is 9.78. The molecule has 2 heteroatoms. The fourth-order valence-corrected chi connectivity index (χ4v) is 2.39. The molecule has 0 aromatic heterocycles. The molecule has 2 rings (SSSR count). The summed E-state index contributed by atoms with van der Waals surface area (Å²) < 4.78 is 26.0. The van der Waals surface area contributed by atoms with Crippen molar-refractivity contribution in [3.8, 4) is 0 Å². The molecule has 0 unspecified atom stereocenters. The van der Waals surface area contributed by atoms with Crippen LogP contribution >= 0.6 is 0 Å². The van der Waals surface area contributed by atoms with E-state index in [2.05, 4.69) is 6.58 Å². The van der Waals surface area contributed by atoms with Gasteiger partial charge in [-0.2, -0.15) is 8.78 Å². The highest BCUT2D eigenvalue weighted by molar-refractivity contribution is 5.72. The van der Waals surface area contributed by atoms with E-state index in [1.807, 2.05) is 18.2 Å². The van der Waals surface area contributed by atoms with Gasteiger partial charge in [0.15, 0.2) is 0 Å².